The summed E-state index contributed by atoms with van der Waals surface area (Å²) in [6.07, 6.45) is 0. The lowest BCUT2D eigenvalue weighted by Crippen LogP contribution is -2.50. The molecular weight excluding hydrogens is 216 g/mol. The average Bonchev–Trinajstić information content (AvgIpc) is 2.33. The first kappa shape index (κ1) is 12.1. The summed E-state index contributed by atoms with van der Waals surface area (Å²) in [5, 5.41) is 2.88. The predicted octanol–water partition coefficient (Wildman–Crippen LogP) is 0.839. The van der Waals surface area contributed by atoms with E-state index in [0.717, 1.165) is 5.56 Å². The van der Waals surface area contributed by atoms with E-state index in [1.807, 2.05) is 30.3 Å². The molecular formula is C13H18N2O2. The van der Waals surface area contributed by atoms with Crippen LogP contribution in [0.4, 0.5) is 0 Å². The zero-order valence-electron chi connectivity index (χ0n) is 9.98. The van der Waals surface area contributed by atoms with Gasteiger partial charge < -0.3 is 15.8 Å². The second-order valence-electron chi connectivity index (χ2n) is 4.91. The fraction of sp³-hybridized carbons (Fsp3) is 0.462. The number of hydrogen-bond acceptors (Lipinski definition) is 3. The molecule has 1 aromatic rings. The lowest BCUT2D eigenvalue weighted by molar-refractivity contribution is -0.128. The van der Waals surface area contributed by atoms with E-state index in [2.05, 4.69) is 12.2 Å². The lowest BCUT2D eigenvalue weighted by atomic mass is 9.88. The molecule has 0 aromatic heterocycles. The Kier molecular flexibility index (Phi) is 3.45. The number of rotatable bonds is 4. The molecule has 0 spiro atoms. The number of nitrogens with two attached hydrogens (primary N) is 1. The van der Waals surface area contributed by atoms with Crippen molar-refractivity contribution < 1.29 is 9.53 Å². The molecule has 1 heterocycles. The van der Waals surface area contributed by atoms with Crippen molar-refractivity contribution in [3.63, 3.8) is 0 Å². The molecule has 0 saturated carbocycles. The van der Waals surface area contributed by atoms with E-state index in [4.69, 9.17) is 10.5 Å². The Bertz CT molecular complexity index is 388. The maximum Gasteiger partial charge on any atom is 0.241 e. The highest BCUT2D eigenvalue weighted by molar-refractivity contribution is 5.82. The van der Waals surface area contributed by atoms with Crippen LogP contribution in [0.2, 0.25) is 0 Å². The maximum absolute atomic E-state index is 11.9. The summed E-state index contributed by atoms with van der Waals surface area (Å²) in [7, 11) is 0. The molecule has 1 aliphatic rings. The first-order valence-corrected chi connectivity index (χ1v) is 5.77. The van der Waals surface area contributed by atoms with E-state index in [-0.39, 0.29) is 11.3 Å². The molecule has 0 bridgehead atoms. The van der Waals surface area contributed by atoms with E-state index < -0.39 is 6.04 Å². The molecule has 92 valence electrons. The highest BCUT2D eigenvalue weighted by Gasteiger charge is 2.34. The predicted molar refractivity (Wildman–Crippen MR) is 65.3 cm³/mol. The minimum absolute atomic E-state index is 0.0755. The van der Waals surface area contributed by atoms with Crippen molar-refractivity contribution in [2.45, 2.75) is 13.0 Å². The summed E-state index contributed by atoms with van der Waals surface area (Å²) in [5.41, 5.74) is 6.79. The number of carbonyl (C=O) groups excluding carboxylic acids is 1. The number of hydrogen-bond donors (Lipinski definition) is 2. The van der Waals surface area contributed by atoms with Crippen molar-refractivity contribution >= 4 is 5.91 Å². The number of ether oxygens (including phenoxy) is 1. The van der Waals surface area contributed by atoms with Crippen LogP contribution in [0.15, 0.2) is 30.3 Å². The van der Waals surface area contributed by atoms with Gasteiger partial charge in [-0.05, 0) is 5.56 Å². The summed E-state index contributed by atoms with van der Waals surface area (Å²) in [6.45, 7) is 4.11. The normalized spacial score (nSPS) is 19.2. The van der Waals surface area contributed by atoms with Gasteiger partial charge in [-0.25, -0.2) is 0 Å². The zero-order chi connectivity index (χ0) is 12.3. The van der Waals surface area contributed by atoms with Crippen LogP contribution in [0.3, 0.4) is 0 Å². The molecule has 0 unspecified atom stereocenters. The fourth-order valence-corrected chi connectivity index (χ4v) is 1.77. The molecule has 0 aliphatic carbocycles. The highest BCUT2D eigenvalue weighted by atomic mass is 16.5. The van der Waals surface area contributed by atoms with E-state index in [1.54, 1.807) is 0 Å². The Labute approximate surface area is 101 Å². The summed E-state index contributed by atoms with van der Waals surface area (Å²) >= 11 is 0. The third-order valence-corrected chi connectivity index (χ3v) is 3.03. The van der Waals surface area contributed by atoms with Crippen LogP contribution >= 0.6 is 0 Å². The van der Waals surface area contributed by atoms with Crippen molar-refractivity contribution in [2.75, 3.05) is 19.8 Å². The van der Waals surface area contributed by atoms with Crippen molar-refractivity contribution in [1.82, 2.24) is 5.32 Å². The van der Waals surface area contributed by atoms with Crippen molar-refractivity contribution in [1.29, 1.82) is 0 Å². The van der Waals surface area contributed by atoms with Gasteiger partial charge in [0.2, 0.25) is 5.91 Å². The van der Waals surface area contributed by atoms with Crippen LogP contribution in [0, 0.1) is 5.41 Å². The first-order chi connectivity index (χ1) is 8.11. The third kappa shape index (κ3) is 2.84. The Morgan fingerprint density at radius 1 is 1.47 bits per heavy atom. The van der Waals surface area contributed by atoms with Gasteiger partial charge in [-0.2, -0.15) is 0 Å². The SMILES string of the molecule is CC1(CNC(=O)[C@H](N)c2ccccc2)COC1. The van der Waals surface area contributed by atoms with E-state index >= 15 is 0 Å². The fourth-order valence-electron chi connectivity index (χ4n) is 1.77. The molecule has 1 aromatic carbocycles. The van der Waals surface area contributed by atoms with Crippen molar-refractivity contribution in [3.8, 4) is 0 Å². The molecule has 1 aliphatic heterocycles. The van der Waals surface area contributed by atoms with Crippen LogP contribution in [0.25, 0.3) is 0 Å². The minimum Gasteiger partial charge on any atom is -0.380 e. The average molecular weight is 234 g/mol. The second kappa shape index (κ2) is 4.85. The third-order valence-electron chi connectivity index (χ3n) is 3.03. The molecule has 3 N–H and O–H groups in total. The molecule has 0 radical (unpaired) electrons. The Morgan fingerprint density at radius 2 is 2.12 bits per heavy atom. The van der Waals surface area contributed by atoms with Gasteiger partial charge in [0.25, 0.3) is 0 Å². The standard InChI is InChI=1S/C13H18N2O2/c1-13(8-17-9-13)7-15-12(16)11(14)10-5-3-2-4-6-10/h2-6,11H,7-9,14H2,1H3,(H,15,16)/t11-/m1/s1. The van der Waals surface area contributed by atoms with E-state index in [1.165, 1.54) is 0 Å². The molecule has 2 rings (SSSR count). The maximum atomic E-state index is 11.9. The van der Waals surface area contributed by atoms with Gasteiger partial charge >= 0.3 is 0 Å². The molecule has 1 saturated heterocycles. The van der Waals surface area contributed by atoms with Gasteiger partial charge in [-0.3, -0.25) is 4.79 Å². The molecule has 1 fully saturated rings. The van der Waals surface area contributed by atoms with Gasteiger partial charge in [0.15, 0.2) is 0 Å². The van der Waals surface area contributed by atoms with Crippen LogP contribution in [-0.4, -0.2) is 25.7 Å². The van der Waals surface area contributed by atoms with Crippen LogP contribution in [-0.2, 0) is 9.53 Å². The molecule has 17 heavy (non-hydrogen) atoms. The van der Waals surface area contributed by atoms with Gasteiger partial charge in [0, 0.05) is 12.0 Å². The minimum atomic E-state index is -0.596. The Hall–Kier alpha value is -1.39. The number of amides is 1. The van der Waals surface area contributed by atoms with Gasteiger partial charge in [0.1, 0.15) is 6.04 Å². The Balaban J connectivity index is 1.87. The number of carbonyl (C=O) groups is 1. The number of benzene rings is 1. The summed E-state index contributed by atoms with van der Waals surface area (Å²) < 4.78 is 5.13. The molecule has 4 nitrogen and oxygen atoms in total. The van der Waals surface area contributed by atoms with Gasteiger partial charge in [-0.1, -0.05) is 37.3 Å². The van der Waals surface area contributed by atoms with Gasteiger partial charge in [0.05, 0.1) is 13.2 Å². The van der Waals surface area contributed by atoms with Crippen molar-refractivity contribution in [2.24, 2.45) is 11.1 Å². The largest absolute Gasteiger partial charge is 0.380 e. The smallest absolute Gasteiger partial charge is 0.241 e. The second-order valence-corrected chi connectivity index (χ2v) is 4.91. The highest BCUT2D eigenvalue weighted by Crippen LogP contribution is 2.25. The van der Waals surface area contributed by atoms with Gasteiger partial charge in [-0.15, -0.1) is 0 Å². The quantitative estimate of drug-likeness (QED) is 0.811. The lowest BCUT2D eigenvalue weighted by Gasteiger charge is -2.38. The first-order valence-electron chi connectivity index (χ1n) is 5.77. The molecule has 1 amide bonds. The Morgan fingerprint density at radius 3 is 2.65 bits per heavy atom. The van der Waals surface area contributed by atoms with Crippen LogP contribution in [0.1, 0.15) is 18.5 Å². The summed E-state index contributed by atoms with van der Waals surface area (Å²) in [4.78, 5) is 11.9. The number of nitrogens with one attached hydrogen (secondary N) is 1. The summed E-state index contributed by atoms with van der Waals surface area (Å²) in [5.74, 6) is -0.135. The van der Waals surface area contributed by atoms with Crippen LogP contribution < -0.4 is 11.1 Å². The monoisotopic (exact) mass is 234 g/mol. The summed E-state index contributed by atoms with van der Waals surface area (Å²) in [6, 6.07) is 8.78. The molecule has 4 heteroatoms. The zero-order valence-corrected chi connectivity index (χ0v) is 9.98. The van der Waals surface area contributed by atoms with E-state index in [0.29, 0.717) is 19.8 Å². The van der Waals surface area contributed by atoms with E-state index in [9.17, 15) is 4.79 Å². The van der Waals surface area contributed by atoms with Crippen LogP contribution in [0.5, 0.6) is 0 Å². The molecule has 1 atom stereocenters. The van der Waals surface area contributed by atoms with Crippen molar-refractivity contribution in [3.05, 3.63) is 35.9 Å². The topological polar surface area (TPSA) is 64.4 Å².